The minimum absolute atomic E-state index is 0.0906. The van der Waals surface area contributed by atoms with Crippen molar-refractivity contribution in [2.75, 3.05) is 0 Å². The predicted molar refractivity (Wildman–Crippen MR) is 77.6 cm³/mol. The van der Waals surface area contributed by atoms with Gasteiger partial charge in [0.25, 0.3) is 5.56 Å². The zero-order valence-corrected chi connectivity index (χ0v) is 11.9. The smallest absolute Gasteiger partial charge is 0.268 e. The molecule has 124 valence electrons. The molecule has 0 aliphatic heterocycles. The second-order valence-corrected chi connectivity index (χ2v) is 4.98. The molecule has 0 amide bonds. The van der Waals surface area contributed by atoms with Gasteiger partial charge >= 0.3 is 11.9 Å². The third-order valence-corrected chi connectivity index (χ3v) is 3.32. The molecule has 0 saturated heterocycles. The average molecular weight is 339 g/mol. The molecule has 0 spiro atoms. The van der Waals surface area contributed by atoms with Crippen molar-refractivity contribution in [3.05, 3.63) is 69.3 Å². The first kappa shape index (κ1) is 15.9. The number of alkyl halides is 3. The summed E-state index contributed by atoms with van der Waals surface area (Å²) < 4.78 is 52.2. The molecule has 0 N–H and O–H groups in total. The van der Waals surface area contributed by atoms with Crippen LogP contribution < -0.4 is 11.2 Å². The molecule has 3 rings (SSSR count). The normalized spacial score (nSPS) is 11.8. The lowest BCUT2D eigenvalue weighted by atomic mass is 10.2. The molecule has 3 aromatic rings. The number of halogens is 4. The van der Waals surface area contributed by atoms with Gasteiger partial charge in [0.05, 0.1) is 11.1 Å². The van der Waals surface area contributed by atoms with Crippen molar-refractivity contribution in [3.8, 4) is 5.69 Å². The van der Waals surface area contributed by atoms with Crippen molar-refractivity contribution in [2.45, 2.75) is 12.7 Å². The minimum Gasteiger partial charge on any atom is -0.268 e. The van der Waals surface area contributed by atoms with Crippen LogP contribution in [0.5, 0.6) is 0 Å². The molecule has 2 heterocycles. The number of hydrogen-bond acceptors (Lipinski definition) is 3. The first-order valence-electron chi connectivity index (χ1n) is 6.71. The fourth-order valence-electron chi connectivity index (χ4n) is 2.33. The van der Waals surface area contributed by atoms with Crippen LogP contribution in [-0.4, -0.2) is 20.3 Å². The fraction of sp³-hybridized carbons (Fsp3) is 0.133. The van der Waals surface area contributed by atoms with E-state index in [0.29, 0.717) is 0 Å². The van der Waals surface area contributed by atoms with Gasteiger partial charge in [0.1, 0.15) is 12.4 Å². The van der Waals surface area contributed by atoms with Gasteiger partial charge in [0.2, 0.25) is 0 Å². The summed E-state index contributed by atoms with van der Waals surface area (Å²) >= 11 is 0. The van der Waals surface area contributed by atoms with Gasteiger partial charge in [-0.25, -0.2) is 18.7 Å². The Morgan fingerprint density at radius 3 is 2.33 bits per heavy atom. The van der Waals surface area contributed by atoms with E-state index >= 15 is 0 Å². The number of pyridine rings is 1. The topological polar surface area (TPSA) is 56.9 Å². The summed E-state index contributed by atoms with van der Waals surface area (Å²) in [5, 5.41) is -0.148. The van der Waals surface area contributed by atoms with E-state index in [0.717, 1.165) is 16.7 Å². The number of nitrogens with zero attached hydrogens (tertiary/aromatic N) is 3. The Hall–Kier alpha value is -2.97. The Balaban J connectivity index is 2.41. The van der Waals surface area contributed by atoms with Crippen molar-refractivity contribution in [1.82, 2.24) is 14.1 Å². The summed E-state index contributed by atoms with van der Waals surface area (Å²) in [6, 6.07) is 7.18. The molecule has 0 bridgehead atoms. The number of hydrogen-bond donors (Lipinski definition) is 0. The van der Waals surface area contributed by atoms with Gasteiger partial charge in [-0.1, -0.05) is 0 Å². The summed E-state index contributed by atoms with van der Waals surface area (Å²) in [5.74, 6) is -0.576. The van der Waals surface area contributed by atoms with Crippen LogP contribution in [0.15, 0.2) is 52.2 Å². The van der Waals surface area contributed by atoms with Crippen molar-refractivity contribution in [3.63, 3.8) is 0 Å². The van der Waals surface area contributed by atoms with Crippen LogP contribution in [0.25, 0.3) is 16.7 Å². The molecule has 1 aromatic carbocycles. The molecule has 0 fully saturated rings. The Bertz CT molecular complexity index is 1020. The molecule has 0 unspecified atom stereocenters. The van der Waals surface area contributed by atoms with Crippen LogP contribution in [0.1, 0.15) is 0 Å². The lowest BCUT2D eigenvalue weighted by Crippen LogP contribution is -2.43. The predicted octanol–water partition coefficient (Wildman–Crippen LogP) is 2.25. The first-order valence-corrected chi connectivity index (χ1v) is 6.71. The van der Waals surface area contributed by atoms with E-state index in [2.05, 4.69) is 4.98 Å². The zero-order chi connectivity index (χ0) is 17.5. The Morgan fingerprint density at radius 1 is 1.04 bits per heavy atom. The standard InChI is InChI=1S/C15H9F4N3O2/c16-9-3-5-10(6-4-9)22-12-11(2-1-7-20-12)13(23)21(14(22)24)8-15(17,18)19/h1-7H,8H2. The van der Waals surface area contributed by atoms with E-state index in [1.54, 1.807) is 0 Å². The second-order valence-electron chi connectivity index (χ2n) is 4.98. The van der Waals surface area contributed by atoms with Crippen LogP contribution in [0.2, 0.25) is 0 Å². The Kier molecular flexibility index (Phi) is 3.70. The maximum absolute atomic E-state index is 13.1. The molecule has 0 saturated carbocycles. The minimum atomic E-state index is -4.75. The van der Waals surface area contributed by atoms with Crippen LogP contribution in [0.3, 0.4) is 0 Å². The highest BCUT2D eigenvalue weighted by Crippen LogP contribution is 2.17. The second kappa shape index (κ2) is 5.59. The van der Waals surface area contributed by atoms with Gasteiger partial charge < -0.3 is 0 Å². The van der Waals surface area contributed by atoms with Crippen LogP contribution in [0.4, 0.5) is 17.6 Å². The number of aromatic nitrogens is 3. The molecule has 0 aliphatic carbocycles. The fourth-order valence-corrected chi connectivity index (χ4v) is 2.33. The maximum atomic E-state index is 13.1. The first-order chi connectivity index (χ1) is 11.3. The summed E-state index contributed by atoms with van der Waals surface area (Å²) in [6.07, 6.45) is -3.45. The lowest BCUT2D eigenvalue weighted by molar-refractivity contribution is -0.141. The Morgan fingerprint density at radius 2 is 1.71 bits per heavy atom. The molecule has 0 atom stereocenters. The summed E-state index contributed by atoms with van der Waals surface area (Å²) in [4.78, 5) is 28.6. The number of rotatable bonds is 2. The molecule has 24 heavy (non-hydrogen) atoms. The van der Waals surface area contributed by atoms with E-state index in [-0.39, 0.29) is 21.3 Å². The summed E-state index contributed by atoms with van der Waals surface area (Å²) in [6.45, 7) is -1.73. The van der Waals surface area contributed by atoms with Gasteiger partial charge in [-0.05, 0) is 36.4 Å². The third-order valence-electron chi connectivity index (χ3n) is 3.32. The van der Waals surface area contributed by atoms with Gasteiger partial charge in [0.15, 0.2) is 5.65 Å². The highest BCUT2D eigenvalue weighted by molar-refractivity contribution is 5.75. The molecular weight excluding hydrogens is 330 g/mol. The zero-order valence-electron chi connectivity index (χ0n) is 11.9. The largest absolute Gasteiger partial charge is 0.406 e. The van der Waals surface area contributed by atoms with Gasteiger partial charge in [-0.15, -0.1) is 0 Å². The third kappa shape index (κ3) is 2.80. The van der Waals surface area contributed by atoms with Crippen LogP contribution in [0, 0.1) is 5.82 Å². The van der Waals surface area contributed by atoms with Gasteiger partial charge in [-0.3, -0.25) is 9.36 Å². The van der Waals surface area contributed by atoms with E-state index < -0.39 is 29.8 Å². The monoisotopic (exact) mass is 339 g/mol. The van der Waals surface area contributed by atoms with Crippen molar-refractivity contribution in [2.24, 2.45) is 0 Å². The van der Waals surface area contributed by atoms with Crippen molar-refractivity contribution < 1.29 is 17.6 Å². The van der Waals surface area contributed by atoms with E-state index in [4.69, 9.17) is 0 Å². The SMILES string of the molecule is O=c1c2cccnc2n(-c2ccc(F)cc2)c(=O)n1CC(F)(F)F. The van der Waals surface area contributed by atoms with Crippen LogP contribution >= 0.6 is 0 Å². The van der Waals surface area contributed by atoms with E-state index in [9.17, 15) is 27.2 Å². The van der Waals surface area contributed by atoms with Crippen molar-refractivity contribution >= 4 is 11.0 Å². The maximum Gasteiger partial charge on any atom is 0.406 e. The quantitative estimate of drug-likeness (QED) is 0.673. The average Bonchev–Trinajstić information content (AvgIpc) is 2.52. The number of fused-ring (bicyclic) bond motifs is 1. The lowest BCUT2D eigenvalue weighted by Gasteiger charge is -2.14. The summed E-state index contributed by atoms with van der Waals surface area (Å²) in [7, 11) is 0. The molecule has 0 radical (unpaired) electrons. The van der Waals surface area contributed by atoms with E-state index in [1.807, 2.05) is 0 Å². The molecule has 2 aromatic heterocycles. The Labute approximate surface area is 131 Å². The van der Waals surface area contributed by atoms with Crippen molar-refractivity contribution in [1.29, 1.82) is 0 Å². The molecule has 5 nitrogen and oxygen atoms in total. The molecule has 0 aliphatic rings. The van der Waals surface area contributed by atoms with Gasteiger partial charge in [0, 0.05) is 6.20 Å². The van der Waals surface area contributed by atoms with Gasteiger partial charge in [-0.2, -0.15) is 13.2 Å². The number of benzene rings is 1. The highest BCUT2D eigenvalue weighted by atomic mass is 19.4. The molecule has 9 heteroatoms. The highest BCUT2D eigenvalue weighted by Gasteiger charge is 2.31. The molecular formula is C15H9F4N3O2. The van der Waals surface area contributed by atoms with Crippen LogP contribution in [-0.2, 0) is 6.54 Å². The summed E-state index contributed by atoms with van der Waals surface area (Å²) in [5.41, 5.74) is -2.28. The van der Waals surface area contributed by atoms with E-state index in [1.165, 1.54) is 30.5 Å².